The summed E-state index contributed by atoms with van der Waals surface area (Å²) in [6.45, 7) is 3.59. The molecule has 0 aromatic carbocycles. The van der Waals surface area contributed by atoms with Gasteiger partial charge in [0.1, 0.15) is 0 Å². The van der Waals surface area contributed by atoms with Crippen LogP contribution in [-0.2, 0) is 0 Å². The Bertz CT molecular complexity index is 102. The fraction of sp³-hybridized carbons (Fsp3) is 1.00. The van der Waals surface area contributed by atoms with E-state index in [0.717, 1.165) is 11.0 Å². The van der Waals surface area contributed by atoms with Crippen molar-refractivity contribution in [1.29, 1.82) is 0 Å². The van der Waals surface area contributed by atoms with Gasteiger partial charge in [-0.25, -0.2) is 0 Å². The van der Waals surface area contributed by atoms with Gasteiger partial charge in [-0.15, -0.1) is 0 Å². The molecule has 12 heavy (non-hydrogen) atoms. The summed E-state index contributed by atoms with van der Waals surface area (Å²) >= 11 is 0. The quantitative estimate of drug-likeness (QED) is 0.355. The molecule has 0 radical (unpaired) electrons. The molecular weight excluding hydrogens is 150 g/mol. The van der Waals surface area contributed by atoms with E-state index in [1.165, 1.54) is 32.1 Å². The van der Waals surface area contributed by atoms with Crippen LogP contribution >= 0.6 is 0 Å². The lowest BCUT2D eigenvalue weighted by molar-refractivity contribution is -0.909. The van der Waals surface area contributed by atoms with Crippen molar-refractivity contribution in [2.45, 2.75) is 39.0 Å². The van der Waals surface area contributed by atoms with E-state index in [9.17, 15) is 0 Å². The van der Waals surface area contributed by atoms with E-state index in [2.05, 4.69) is 21.0 Å². The Morgan fingerprint density at radius 3 is 2.08 bits per heavy atom. The lowest BCUT2D eigenvalue weighted by atomic mass is 10.1. The molecule has 0 saturated carbocycles. The van der Waals surface area contributed by atoms with Gasteiger partial charge in [0.15, 0.2) is 6.73 Å². The number of unbranched alkanes of at least 4 members (excludes halogenated alkanes) is 4. The Labute approximate surface area is 76.8 Å². The molecule has 0 atom stereocenters. The van der Waals surface area contributed by atoms with Crippen LogP contribution in [0, 0.1) is 0 Å². The van der Waals surface area contributed by atoms with Crippen LogP contribution in [0.5, 0.6) is 0 Å². The van der Waals surface area contributed by atoms with E-state index in [0.29, 0.717) is 0 Å². The molecule has 0 aliphatic heterocycles. The molecule has 0 saturated heterocycles. The first-order valence-corrected chi connectivity index (χ1v) is 5.05. The molecule has 0 unspecified atom stereocenters. The van der Waals surface area contributed by atoms with Gasteiger partial charge in [0.2, 0.25) is 0 Å². The fourth-order valence-corrected chi connectivity index (χ4v) is 1.21. The zero-order chi connectivity index (χ0) is 9.45. The predicted molar refractivity (Wildman–Crippen MR) is 52.8 cm³/mol. The molecule has 0 aromatic rings. The average molecular weight is 174 g/mol. The SMILES string of the molecule is CCCCCCC[N+](C)(C)CO. The Morgan fingerprint density at radius 2 is 1.58 bits per heavy atom. The summed E-state index contributed by atoms with van der Waals surface area (Å²) in [6.07, 6.45) is 6.57. The van der Waals surface area contributed by atoms with E-state index in [1.54, 1.807) is 0 Å². The molecule has 0 bridgehead atoms. The largest absolute Gasteiger partial charge is 0.347 e. The number of rotatable bonds is 7. The summed E-state index contributed by atoms with van der Waals surface area (Å²) in [5.74, 6) is 0. The molecule has 0 rings (SSSR count). The monoisotopic (exact) mass is 174 g/mol. The molecule has 74 valence electrons. The summed E-state index contributed by atoms with van der Waals surface area (Å²) in [5.41, 5.74) is 0. The van der Waals surface area contributed by atoms with Gasteiger partial charge in [-0.05, 0) is 12.8 Å². The maximum Gasteiger partial charge on any atom is 0.179 e. The van der Waals surface area contributed by atoms with E-state index in [4.69, 9.17) is 5.11 Å². The highest BCUT2D eigenvalue weighted by atomic mass is 16.3. The minimum absolute atomic E-state index is 0.258. The molecular formula is C10H24NO+. The molecule has 0 aliphatic rings. The summed E-state index contributed by atoms with van der Waals surface area (Å²) in [6, 6.07) is 0. The van der Waals surface area contributed by atoms with Gasteiger partial charge in [0.25, 0.3) is 0 Å². The highest BCUT2D eigenvalue weighted by molar-refractivity contribution is 4.41. The average Bonchev–Trinajstić information content (AvgIpc) is 2.04. The normalized spacial score (nSPS) is 12.0. The summed E-state index contributed by atoms with van der Waals surface area (Å²) in [7, 11) is 4.14. The third-order valence-electron chi connectivity index (χ3n) is 2.25. The van der Waals surface area contributed by atoms with Gasteiger partial charge in [-0.1, -0.05) is 26.2 Å². The maximum atomic E-state index is 8.97. The van der Waals surface area contributed by atoms with Crippen molar-refractivity contribution in [3.8, 4) is 0 Å². The molecule has 0 aromatic heterocycles. The van der Waals surface area contributed by atoms with Gasteiger partial charge < -0.3 is 9.59 Å². The van der Waals surface area contributed by atoms with Crippen molar-refractivity contribution in [3.05, 3.63) is 0 Å². The Balaban J connectivity index is 3.19. The molecule has 0 spiro atoms. The number of nitrogens with zero attached hydrogens (tertiary/aromatic N) is 1. The molecule has 0 amide bonds. The topological polar surface area (TPSA) is 20.2 Å². The molecule has 2 nitrogen and oxygen atoms in total. The first-order valence-electron chi connectivity index (χ1n) is 5.05. The van der Waals surface area contributed by atoms with Crippen LogP contribution in [0.2, 0.25) is 0 Å². The van der Waals surface area contributed by atoms with Crippen molar-refractivity contribution in [2.75, 3.05) is 27.4 Å². The molecule has 0 heterocycles. The zero-order valence-electron chi connectivity index (χ0n) is 8.84. The van der Waals surface area contributed by atoms with Crippen molar-refractivity contribution in [3.63, 3.8) is 0 Å². The smallest absolute Gasteiger partial charge is 0.179 e. The van der Waals surface area contributed by atoms with Crippen LogP contribution in [0.1, 0.15) is 39.0 Å². The minimum Gasteiger partial charge on any atom is -0.347 e. The number of quaternary nitrogens is 1. The van der Waals surface area contributed by atoms with Crippen LogP contribution in [0.25, 0.3) is 0 Å². The van der Waals surface area contributed by atoms with Gasteiger partial charge in [-0.3, -0.25) is 0 Å². The highest BCUT2D eigenvalue weighted by Crippen LogP contribution is 2.05. The first-order chi connectivity index (χ1) is 5.62. The van der Waals surface area contributed by atoms with E-state index in [1.807, 2.05) is 0 Å². The van der Waals surface area contributed by atoms with Gasteiger partial charge in [0.05, 0.1) is 20.6 Å². The molecule has 0 aliphatic carbocycles. The lowest BCUT2D eigenvalue weighted by Crippen LogP contribution is -2.41. The van der Waals surface area contributed by atoms with Crippen molar-refractivity contribution >= 4 is 0 Å². The Morgan fingerprint density at radius 1 is 1.00 bits per heavy atom. The van der Waals surface area contributed by atoms with Gasteiger partial charge >= 0.3 is 0 Å². The standard InChI is InChI=1S/C10H24NO/c1-4-5-6-7-8-9-11(2,3)10-12/h12H,4-10H2,1-3H3/q+1. The van der Waals surface area contributed by atoms with Crippen molar-refractivity contribution in [2.24, 2.45) is 0 Å². The fourth-order valence-electron chi connectivity index (χ4n) is 1.21. The number of aliphatic hydroxyl groups excluding tert-OH is 1. The second-order valence-electron chi connectivity index (χ2n) is 4.21. The van der Waals surface area contributed by atoms with Crippen molar-refractivity contribution < 1.29 is 9.59 Å². The number of hydrogen-bond donors (Lipinski definition) is 1. The van der Waals surface area contributed by atoms with E-state index < -0.39 is 0 Å². The lowest BCUT2D eigenvalue weighted by Gasteiger charge is -2.26. The van der Waals surface area contributed by atoms with Gasteiger partial charge in [-0.2, -0.15) is 0 Å². The molecule has 1 N–H and O–H groups in total. The summed E-state index contributed by atoms with van der Waals surface area (Å²) in [5, 5.41) is 8.97. The van der Waals surface area contributed by atoms with Crippen LogP contribution < -0.4 is 0 Å². The second kappa shape index (κ2) is 6.44. The van der Waals surface area contributed by atoms with Crippen LogP contribution in [-0.4, -0.2) is 37.0 Å². The minimum atomic E-state index is 0.258. The Hall–Kier alpha value is -0.0800. The first kappa shape index (κ1) is 11.9. The van der Waals surface area contributed by atoms with Crippen LogP contribution in [0.4, 0.5) is 0 Å². The number of hydrogen-bond acceptors (Lipinski definition) is 1. The summed E-state index contributed by atoms with van der Waals surface area (Å²) < 4.78 is 0.742. The maximum absolute atomic E-state index is 8.97. The number of aliphatic hydroxyl groups is 1. The van der Waals surface area contributed by atoms with Crippen LogP contribution in [0.15, 0.2) is 0 Å². The predicted octanol–water partition coefficient (Wildman–Crippen LogP) is 1.98. The van der Waals surface area contributed by atoms with E-state index in [-0.39, 0.29) is 6.73 Å². The molecule has 0 fully saturated rings. The van der Waals surface area contributed by atoms with Crippen molar-refractivity contribution in [1.82, 2.24) is 0 Å². The van der Waals surface area contributed by atoms with Crippen LogP contribution in [0.3, 0.4) is 0 Å². The summed E-state index contributed by atoms with van der Waals surface area (Å²) in [4.78, 5) is 0. The highest BCUT2D eigenvalue weighted by Gasteiger charge is 2.10. The van der Waals surface area contributed by atoms with Gasteiger partial charge in [0, 0.05) is 0 Å². The third kappa shape index (κ3) is 6.62. The third-order valence-corrected chi connectivity index (χ3v) is 2.25. The zero-order valence-corrected chi connectivity index (χ0v) is 8.84. The molecule has 2 heteroatoms. The second-order valence-corrected chi connectivity index (χ2v) is 4.21. The van der Waals surface area contributed by atoms with E-state index >= 15 is 0 Å². The Kier molecular flexibility index (Phi) is 6.39.